The zero-order valence-electron chi connectivity index (χ0n) is 14.2. The maximum atomic E-state index is 12.7. The van der Waals surface area contributed by atoms with E-state index >= 15 is 0 Å². The molecule has 1 fully saturated rings. The molecule has 0 amide bonds. The SMILES string of the molecule is CN1CC[C@@H](c2c(O)cc(O)c3c(=O)cc(-c4ccccc4Cl)oc23)C1. The minimum Gasteiger partial charge on any atom is -0.507 e. The van der Waals surface area contributed by atoms with E-state index in [4.69, 9.17) is 16.0 Å². The van der Waals surface area contributed by atoms with Crippen molar-refractivity contribution in [2.45, 2.75) is 12.3 Å². The average Bonchev–Trinajstić information content (AvgIpc) is 3.00. The van der Waals surface area contributed by atoms with Crippen LogP contribution in [0.3, 0.4) is 0 Å². The highest BCUT2D eigenvalue weighted by Gasteiger charge is 2.29. The molecule has 0 unspecified atom stereocenters. The molecule has 0 radical (unpaired) electrons. The number of rotatable bonds is 2. The van der Waals surface area contributed by atoms with Crippen LogP contribution in [0.15, 0.2) is 45.6 Å². The van der Waals surface area contributed by atoms with Gasteiger partial charge in [-0.2, -0.15) is 0 Å². The van der Waals surface area contributed by atoms with Gasteiger partial charge in [0.25, 0.3) is 0 Å². The lowest BCUT2D eigenvalue weighted by atomic mass is 9.94. The smallest absolute Gasteiger partial charge is 0.197 e. The molecule has 134 valence electrons. The standard InChI is InChI=1S/C20H18ClNO4/c1-22-7-6-11(10-22)18-14(23)8-15(24)19-16(25)9-17(26-20(18)19)12-4-2-3-5-13(12)21/h2-5,8-9,11,23-24H,6-7,10H2,1H3/t11-/m1/s1. The topological polar surface area (TPSA) is 73.9 Å². The number of halogens is 1. The van der Waals surface area contributed by atoms with Crippen LogP contribution in [-0.4, -0.2) is 35.3 Å². The van der Waals surface area contributed by atoms with Crippen molar-refractivity contribution in [1.82, 2.24) is 4.90 Å². The van der Waals surface area contributed by atoms with Gasteiger partial charge in [0.1, 0.15) is 28.2 Å². The Hall–Kier alpha value is -2.50. The van der Waals surface area contributed by atoms with E-state index in [1.807, 2.05) is 7.05 Å². The maximum Gasteiger partial charge on any atom is 0.197 e. The summed E-state index contributed by atoms with van der Waals surface area (Å²) in [6.45, 7) is 1.63. The Kier molecular flexibility index (Phi) is 4.13. The van der Waals surface area contributed by atoms with Crippen molar-refractivity contribution in [3.8, 4) is 22.8 Å². The van der Waals surface area contributed by atoms with Crippen molar-refractivity contribution in [3.05, 3.63) is 57.2 Å². The number of likely N-dealkylation sites (N-methyl/N-ethyl adjacent to an activating group) is 1. The second-order valence-electron chi connectivity index (χ2n) is 6.74. The number of likely N-dealkylation sites (tertiary alicyclic amines) is 1. The molecule has 1 saturated heterocycles. The number of phenolic OH excluding ortho intramolecular Hbond substituents is 2. The van der Waals surface area contributed by atoms with Crippen molar-refractivity contribution < 1.29 is 14.6 Å². The lowest BCUT2D eigenvalue weighted by Gasteiger charge is -2.16. The molecule has 0 aliphatic carbocycles. The molecule has 0 bridgehead atoms. The summed E-state index contributed by atoms with van der Waals surface area (Å²) >= 11 is 6.24. The minimum atomic E-state index is -0.369. The summed E-state index contributed by atoms with van der Waals surface area (Å²) in [7, 11) is 2.00. The van der Waals surface area contributed by atoms with Crippen molar-refractivity contribution in [1.29, 1.82) is 0 Å². The third kappa shape index (κ3) is 2.73. The third-order valence-corrected chi connectivity index (χ3v) is 5.27. The van der Waals surface area contributed by atoms with E-state index in [0.717, 1.165) is 19.5 Å². The van der Waals surface area contributed by atoms with Crippen LogP contribution in [0.1, 0.15) is 17.9 Å². The Balaban J connectivity index is 2.02. The van der Waals surface area contributed by atoms with Crippen LogP contribution in [0, 0.1) is 0 Å². The number of nitrogens with zero attached hydrogens (tertiary/aromatic N) is 1. The van der Waals surface area contributed by atoms with Gasteiger partial charge in [-0.25, -0.2) is 0 Å². The highest BCUT2D eigenvalue weighted by atomic mass is 35.5. The van der Waals surface area contributed by atoms with Gasteiger partial charge in [0, 0.05) is 35.7 Å². The minimum absolute atomic E-state index is 0.0211. The first-order valence-corrected chi connectivity index (χ1v) is 8.79. The molecule has 2 N–H and O–H groups in total. The van der Waals surface area contributed by atoms with Crippen LogP contribution in [-0.2, 0) is 0 Å². The molecule has 1 atom stereocenters. The summed E-state index contributed by atoms with van der Waals surface area (Å²) in [5, 5.41) is 21.2. The summed E-state index contributed by atoms with van der Waals surface area (Å²) in [4.78, 5) is 14.8. The summed E-state index contributed by atoms with van der Waals surface area (Å²) < 4.78 is 6.03. The summed E-state index contributed by atoms with van der Waals surface area (Å²) in [5.41, 5.74) is 1.01. The molecule has 26 heavy (non-hydrogen) atoms. The van der Waals surface area contributed by atoms with Crippen molar-refractivity contribution in [2.75, 3.05) is 20.1 Å². The summed E-state index contributed by atoms with van der Waals surface area (Å²) in [5.74, 6) is -0.0136. The fourth-order valence-corrected chi connectivity index (χ4v) is 3.91. The molecule has 2 heterocycles. The largest absolute Gasteiger partial charge is 0.507 e. The second-order valence-corrected chi connectivity index (χ2v) is 7.14. The zero-order valence-corrected chi connectivity index (χ0v) is 15.0. The molecule has 0 spiro atoms. The molecular formula is C20H18ClNO4. The molecule has 3 aromatic rings. The monoisotopic (exact) mass is 371 g/mol. The predicted octanol–water partition coefficient (Wildman–Crippen LogP) is 3.94. The van der Waals surface area contributed by atoms with Crippen LogP contribution in [0.4, 0.5) is 0 Å². The number of benzene rings is 2. The van der Waals surface area contributed by atoms with E-state index in [-0.39, 0.29) is 33.8 Å². The van der Waals surface area contributed by atoms with Crippen molar-refractivity contribution in [2.24, 2.45) is 0 Å². The lowest BCUT2D eigenvalue weighted by molar-refractivity contribution is 0.406. The third-order valence-electron chi connectivity index (χ3n) is 4.94. The first kappa shape index (κ1) is 16.9. The number of hydrogen-bond acceptors (Lipinski definition) is 5. The molecular weight excluding hydrogens is 354 g/mol. The molecule has 6 heteroatoms. The molecule has 0 saturated carbocycles. The van der Waals surface area contributed by atoms with E-state index in [0.29, 0.717) is 21.9 Å². The Morgan fingerprint density at radius 2 is 1.96 bits per heavy atom. The van der Waals surface area contributed by atoms with E-state index < -0.39 is 0 Å². The molecule has 5 nitrogen and oxygen atoms in total. The summed E-state index contributed by atoms with van der Waals surface area (Å²) in [6, 6.07) is 9.62. The van der Waals surface area contributed by atoms with E-state index in [9.17, 15) is 15.0 Å². The highest BCUT2D eigenvalue weighted by molar-refractivity contribution is 6.33. The van der Waals surface area contributed by atoms with Crippen molar-refractivity contribution in [3.63, 3.8) is 0 Å². The van der Waals surface area contributed by atoms with Gasteiger partial charge in [-0.3, -0.25) is 4.79 Å². The normalized spacial score (nSPS) is 17.8. The van der Waals surface area contributed by atoms with Crippen molar-refractivity contribution >= 4 is 22.6 Å². The Bertz CT molecular complexity index is 1060. The van der Waals surface area contributed by atoms with Gasteiger partial charge >= 0.3 is 0 Å². The van der Waals surface area contributed by atoms with Crippen LogP contribution >= 0.6 is 11.6 Å². The first-order chi connectivity index (χ1) is 12.5. The van der Waals surface area contributed by atoms with E-state index in [2.05, 4.69) is 4.90 Å². The van der Waals surface area contributed by atoms with Crippen LogP contribution in [0.5, 0.6) is 11.5 Å². The van der Waals surface area contributed by atoms with Gasteiger partial charge in [0.2, 0.25) is 0 Å². The number of hydrogen-bond donors (Lipinski definition) is 2. The van der Waals surface area contributed by atoms with Crippen LogP contribution < -0.4 is 5.43 Å². The molecule has 2 aromatic carbocycles. The van der Waals surface area contributed by atoms with Gasteiger partial charge in [-0.15, -0.1) is 0 Å². The maximum absolute atomic E-state index is 12.7. The number of phenols is 2. The highest BCUT2D eigenvalue weighted by Crippen LogP contribution is 2.42. The predicted molar refractivity (Wildman–Crippen MR) is 101 cm³/mol. The number of fused-ring (bicyclic) bond motifs is 1. The quantitative estimate of drug-likeness (QED) is 0.713. The molecule has 1 aliphatic rings. The van der Waals surface area contributed by atoms with E-state index in [1.165, 1.54) is 12.1 Å². The van der Waals surface area contributed by atoms with E-state index in [1.54, 1.807) is 24.3 Å². The molecule has 1 aliphatic heterocycles. The summed E-state index contributed by atoms with van der Waals surface area (Å²) in [6.07, 6.45) is 0.837. The molecule has 1 aromatic heterocycles. The van der Waals surface area contributed by atoms with Crippen LogP contribution in [0.25, 0.3) is 22.3 Å². The second kappa shape index (κ2) is 6.34. The zero-order chi connectivity index (χ0) is 18.4. The van der Waals surface area contributed by atoms with Gasteiger partial charge in [-0.05, 0) is 32.1 Å². The fraction of sp³-hybridized carbons (Fsp3) is 0.250. The Morgan fingerprint density at radius 1 is 1.19 bits per heavy atom. The number of aromatic hydroxyl groups is 2. The van der Waals surface area contributed by atoms with Gasteiger partial charge in [-0.1, -0.05) is 23.7 Å². The molecule has 4 rings (SSSR count). The van der Waals surface area contributed by atoms with Gasteiger partial charge in [0.05, 0.1) is 5.02 Å². The first-order valence-electron chi connectivity index (χ1n) is 8.42. The Morgan fingerprint density at radius 3 is 2.65 bits per heavy atom. The average molecular weight is 372 g/mol. The Labute approximate surface area is 155 Å². The van der Waals surface area contributed by atoms with Crippen LogP contribution in [0.2, 0.25) is 5.02 Å². The van der Waals surface area contributed by atoms with Gasteiger partial charge in [0.15, 0.2) is 5.43 Å². The fourth-order valence-electron chi connectivity index (χ4n) is 3.68. The van der Waals surface area contributed by atoms with Gasteiger partial charge < -0.3 is 19.5 Å². The lowest BCUT2D eigenvalue weighted by Crippen LogP contribution is -2.14.